The highest BCUT2D eigenvalue weighted by Crippen LogP contribution is 2.07. The van der Waals surface area contributed by atoms with Gasteiger partial charge >= 0.3 is 5.69 Å². The van der Waals surface area contributed by atoms with Gasteiger partial charge in [0.05, 0.1) is 0 Å². The van der Waals surface area contributed by atoms with Gasteiger partial charge in [-0.15, -0.1) is 0 Å². The number of hydrogen-bond acceptors (Lipinski definition) is 5. The van der Waals surface area contributed by atoms with E-state index in [9.17, 15) is 18.0 Å². The van der Waals surface area contributed by atoms with Gasteiger partial charge in [-0.1, -0.05) is 6.07 Å². The molecular weight excluding hydrogens is 306 g/mol. The highest BCUT2D eigenvalue weighted by Gasteiger charge is 2.17. The molecule has 0 aliphatic rings. The fourth-order valence-corrected chi connectivity index (χ4v) is 2.47. The van der Waals surface area contributed by atoms with Gasteiger partial charge in [-0.2, -0.15) is 0 Å². The second-order valence-corrected chi connectivity index (χ2v) is 6.49. The van der Waals surface area contributed by atoms with E-state index < -0.39 is 25.2 Å². The lowest BCUT2D eigenvalue weighted by molar-refractivity contribution is 0.595. The topological polar surface area (TPSA) is 102 Å². The molecule has 0 amide bonds. The Bertz CT molecular complexity index is 827. The fourth-order valence-electron chi connectivity index (χ4n) is 1.61. The lowest BCUT2D eigenvalue weighted by atomic mass is 10.3. The van der Waals surface area contributed by atoms with Gasteiger partial charge in [0.25, 0.3) is 14.6 Å². The standard InChI is InChI=1S/C11H10ClN3O4S/c12-20(18,19)9-7-15(11(17)14-10(9)16)6-4-8-3-1-2-5-13-8/h1-3,5,7H,4,6H2,(H,14,16,17). The average Bonchev–Trinajstić information content (AvgIpc) is 2.37. The Morgan fingerprint density at radius 1 is 1.30 bits per heavy atom. The Balaban J connectivity index is 2.33. The van der Waals surface area contributed by atoms with E-state index in [-0.39, 0.29) is 6.54 Å². The molecule has 0 fully saturated rings. The minimum absolute atomic E-state index is 0.173. The van der Waals surface area contributed by atoms with E-state index in [1.807, 2.05) is 4.98 Å². The number of hydrogen-bond donors (Lipinski definition) is 1. The van der Waals surface area contributed by atoms with Gasteiger partial charge in [-0.05, 0) is 12.1 Å². The third kappa shape index (κ3) is 3.34. The molecule has 0 atom stereocenters. The van der Waals surface area contributed by atoms with E-state index in [1.54, 1.807) is 24.4 Å². The van der Waals surface area contributed by atoms with Gasteiger partial charge in [-0.25, -0.2) is 13.2 Å². The SMILES string of the molecule is O=c1[nH]c(=O)n(CCc2ccccn2)cc1S(=O)(=O)Cl. The number of nitrogens with zero attached hydrogens (tertiary/aromatic N) is 2. The molecule has 2 heterocycles. The van der Waals surface area contributed by atoms with Crippen molar-refractivity contribution in [2.24, 2.45) is 0 Å². The predicted octanol–water partition coefficient (Wildman–Crippen LogP) is 0.102. The Labute approximate surface area is 118 Å². The van der Waals surface area contributed by atoms with Crippen molar-refractivity contribution in [3.8, 4) is 0 Å². The summed E-state index contributed by atoms with van der Waals surface area (Å²) in [6, 6.07) is 5.33. The van der Waals surface area contributed by atoms with Crippen LogP contribution in [0.4, 0.5) is 0 Å². The molecule has 106 valence electrons. The van der Waals surface area contributed by atoms with Crippen LogP contribution in [0.3, 0.4) is 0 Å². The van der Waals surface area contributed by atoms with Crippen LogP contribution in [0.15, 0.2) is 45.1 Å². The first kappa shape index (κ1) is 14.5. The molecule has 0 spiro atoms. The largest absolute Gasteiger partial charge is 0.328 e. The van der Waals surface area contributed by atoms with Crippen LogP contribution in [0.25, 0.3) is 0 Å². The first-order chi connectivity index (χ1) is 9.38. The minimum atomic E-state index is -4.20. The van der Waals surface area contributed by atoms with Crippen LogP contribution >= 0.6 is 10.7 Å². The van der Waals surface area contributed by atoms with Gasteiger partial charge in [0.2, 0.25) is 0 Å². The first-order valence-corrected chi connectivity index (χ1v) is 7.87. The highest BCUT2D eigenvalue weighted by molar-refractivity contribution is 8.13. The van der Waals surface area contributed by atoms with E-state index in [2.05, 4.69) is 4.98 Å². The molecule has 0 bridgehead atoms. The van der Waals surface area contributed by atoms with E-state index in [0.29, 0.717) is 6.42 Å². The summed E-state index contributed by atoms with van der Waals surface area (Å²) < 4.78 is 23.5. The smallest absolute Gasteiger partial charge is 0.299 e. The zero-order valence-electron chi connectivity index (χ0n) is 10.1. The molecular formula is C11H10ClN3O4S. The van der Waals surface area contributed by atoms with E-state index in [4.69, 9.17) is 10.7 Å². The molecule has 0 aromatic carbocycles. The summed E-state index contributed by atoms with van der Waals surface area (Å²) in [6.45, 7) is 0.173. The van der Waals surface area contributed by atoms with Gasteiger partial charge < -0.3 is 0 Å². The van der Waals surface area contributed by atoms with E-state index in [1.165, 1.54) is 0 Å². The van der Waals surface area contributed by atoms with Gasteiger partial charge in [0.15, 0.2) is 4.90 Å². The van der Waals surface area contributed by atoms with Crippen molar-refractivity contribution >= 4 is 19.7 Å². The van der Waals surface area contributed by atoms with E-state index in [0.717, 1.165) is 16.5 Å². The molecule has 0 saturated heterocycles. The summed E-state index contributed by atoms with van der Waals surface area (Å²) in [5, 5.41) is 0. The maximum atomic E-state index is 11.6. The second-order valence-electron chi connectivity index (χ2n) is 3.95. The van der Waals surface area contributed by atoms with Crippen LogP contribution < -0.4 is 11.2 Å². The first-order valence-electron chi connectivity index (χ1n) is 5.56. The molecule has 0 radical (unpaired) electrons. The van der Waals surface area contributed by atoms with Crippen molar-refractivity contribution in [2.45, 2.75) is 17.9 Å². The van der Waals surface area contributed by atoms with Crippen molar-refractivity contribution in [3.05, 3.63) is 57.1 Å². The highest BCUT2D eigenvalue weighted by atomic mass is 35.7. The Kier molecular flexibility index (Phi) is 4.05. The maximum Gasteiger partial charge on any atom is 0.328 e. The summed E-state index contributed by atoms with van der Waals surface area (Å²) in [7, 11) is 0.927. The Hall–Kier alpha value is -1.93. The third-order valence-corrected chi connectivity index (χ3v) is 3.89. The zero-order valence-corrected chi connectivity index (χ0v) is 11.7. The number of aromatic amines is 1. The third-order valence-electron chi connectivity index (χ3n) is 2.58. The molecule has 20 heavy (non-hydrogen) atoms. The van der Waals surface area contributed by atoms with Gasteiger partial charge in [0, 0.05) is 41.7 Å². The van der Waals surface area contributed by atoms with Crippen LogP contribution in [0.2, 0.25) is 0 Å². The Morgan fingerprint density at radius 3 is 2.65 bits per heavy atom. The van der Waals surface area contributed by atoms with Gasteiger partial charge in [0.1, 0.15) is 0 Å². The van der Waals surface area contributed by atoms with Crippen LogP contribution in [-0.2, 0) is 22.0 Å². The molecule has 1 N–H and O–H groups in total. The quantitative estimate of drug-likeness (QED) is 0.806. The summed E-state index contributed by atoms with van der Waals surface area (Å²) in [4.78, 5) is 28.3. The van der Waals surface area contributed by atoms with Crippen molar-refractivity contribution < 1.29 is 8.42 Å². The van der Waals surface area contributed by atoms with Crippen molar-refractivity contribution in [3.63, 3.8) is 0 Å². The molecule has 7 nitrogen and oxygen atoms in total. The summed E-state index contributed by atoms with van der Waals surface area (Å²) >= 11 is 0. The summed E-state index contributed by atoms with van der Waals surface area (Å²) in [5.41, 5.74) is -0.991. The number of aryl methyl sites for hydroxylation is 2. The molecule has 2 rings (SSSR count). The summed E-state index contributed by atoms with van der Waals surface area (Å²) in [6.07, 6.45) is 2.96. The average molecular weight is 316 g/mol. The van der Waals surface area contributed by atoms with E-state index >= 15 is 0 Å². The molecule has 9 heteroatoms. The lowest BCUT2D eigenvalue weighted by Crippen LogP contribution is -2.32. The van der Waals surface area contributed by atoms with Crippen LogP contribution in [0, 0.1) is 0 Å². The second kappa shape index (κ2) is 5.59. The van der Waals surface area contributed by atoms with Crippen molar-refractivity contribution in [1.29, 1.82) is 0 Å². The number of nitrogens with one attached hydrogen (secondary N) is 1. The number of halogens is 1. The lowest BCUT2D eigenvalue weighted by Gasteiger charge is -2.05. The van der Waals surface area contributed by atoms with Gasteiger partial charge in [-0.3, -0.25) is 19.3 Å². The molecule has 2 aromatic rings. The monoisotopic (exact) mass is 315 g/mol. The fraction of sp³-hybridized carbons (Fsp3) is 0.182. The normalized spacial score (nSPS) is 11.4. The van der Waals surface area contributed by atoms with Crippen LogP contribution in [0.1, 0.15) is 5.69 Å². The Morgan fingerprint density at radius 2 is 2.05 bits per heavy atom. The number of aromatic nitrogens is 3. The molecule has 0 aliphatic heterocycles. The molecule has 0 aliphatic carbocycles. The zero-order chi connectivity index (χ0) is 14.8. The summed E-state index contributed by atoms with van der Waals surface area (Å²) in [5.74, 6) is 0. The van der Waals surface area contributed by atoms with Crippen LogP contribution in [-0.4, -0.2) is 23.0 Å². The predicted molar refractivity (Wildman–Crippen MR) is 72.3 cm³/mol. The molecule has 0 unspecified atom stereocenters. The molecule has 0 saturated carbocycles. The number of rotatable bonds is 4. The number of H-pyrrole nitrogens is 1. The van der Waals surface area contributed by atoms with Crippen LogP contribution in [0.5, 0.6) is 0 Å². The molecule has 2 aromatic heterocycles. The van der Waals surface area contributed by atoms with Crippen molar-refractivity contribution in [1.82, 2.24) is 14.5 Å². The number of pyridine rings is 1. The van der Waals surface area contributed by atoms with Crippen molar-refractivity contribution in [2.75, 3.05) is 0 Å². The minimum Gasteiger partial charge on any atom is -0.299 e. The maximum absolute atomic E-state index is 11.6.